The number of carbonyl (C=O) groups is 9. The summed E-state index contributed by atoms with van der Waals surface area (Å²) < 4.78 is 0. The first-order chi connectivity index (χ1) is 36.9. The van der Waals surface area contributed by atoms with E-state index in [4.69, 9.17) is 22.9 Å². The molecule has 5 rings (SSSR count). The van der Waals surface area contributed by atoms with E-state index in [0.717, 1.165) is 10.9 Å². The molecular formula is C50H69N17O10. The quantitative estimate of drug-likeness (QED) is 0.0272. The maximum Gasteiger partial charge on any atom is 0.326 e. The van der Waals surface area contributed by atoms with Gasteiger partial charge in [-0.2, -0.15) is 0 Å². The van der Waals surface area contributed by atoms with Crippen LogP contribution < -0.4 is 65.5 Å². The Kier molecular flexibility index (Phi) is 22.7. The van der Waals surface area contributed by atoms with Crippen LogP contribution >= 0.6 is 0 Å². The van der Waals surface area contributed by atoms with Crippen molar-refractivity contribution in [2.75, 3.05) is 19.6 Å². The number of H-pyrrole nitrogens is 2. The molecule has 8 amide bonds. The van der Waals surface area contributed by atoms with Crippen molar-refractivity contribution in [3.05, 3.63) is 90.1 Å². The first kappa shape index (κ1) is 58.8. The van der Waals surface area contributed by atoms with E-state index in [1.54, 1.807) is 54.7 Å². The summed E-state index contributed by atoms with van der Waals surface area (Å²) in [7, 11) is 0. The van der Waals surface area contributed by atoms with Crippen LogP contribution in [0.4, 0.5) is 0 Å². The number of benzene rings is 2. The monoisotopic (exact) mass is 1070 g/mol. The number of aliphatic carboxylic acids is 1. The largest absolute Gasteiger partial charge is 0.480 e. The minimum Gasteiger partial charge on any atom is -0.480 e. The fourth-order valence-corrected chi connectivity index (χ4v) is 8.46. The lowest BCUT2D eigenvalue weighted by atomic mass is 10.0. The van der Waals surface area contributed by atoms with E-state index in [1.807, 2.05) is 6.07 Å². The van der Waals surface area contributed by atoms with E-state index in [2.05, 4.69) is 67.5 Å². The molecule has 7 atom stereocenters. The Bertz CT molecular complexity index is 2720. The highest BCUT2D eigenvalue weighted by Gasteiger charge is 2.35. The summed E-state index contributed by atoms with van der Waals surface area (Å²) in [6.07, 6.45) is 3.50. The predicted octanol–water partition coefficient (Wildman–Crippen LogP) is -2.79. The summed E-state index contributed by atoms with van der Waals surface area (Å²) in [5.74, 6) is -8.09. The molecule has 0 aliphatic carbocycles. The third-order valence-corrected chi connectivity index (χ3v) is 12.4. The number of aromatic nitrogens is 3. The van der Waals surface area contributed by atoms with Gasteiger partial charge in [0.2, 0.25) is 47.3 Å². The minimum absolute atomic E-state index is 0.0308. The van der Waals surface area contributed by atoms with Gasteiger partial charge in [0.1, 0.15) is 42.3 Å². The van der Waals surface area contributed by atoms with Crippen molar-refractivity contribution in [1.29, 1.82) is 0 Å². The van der Waals surface area contributed by atoms with Crippen molar-refractivity contribution in [2.24, 2.45) is 32.9 Å². The summed E-state index contributed by atoms with van der Waals surface area (Å²) >= 11 is 0. The van der Waals surface area contributed by atoms with Crippen LogP contribution in [0.5, 0.6) is 0 Å². The molecule has 1 aliphatic heterocycles. The second kappa shape index (κ2) is 29.7. The number of rotatable bonds is 18. The summed E-state index contributed by atoms with van der Waals surface area (Å²) in [6, 6.07) is 5.98. The van der Waals surface area contributed by atoms with E-state index in [0.29, 0.717) is 16.8 Å². The van der Waals surface area contributed by atoms with Crippen LogP contribution in [-0.2, 0) is 62.4 Å². The van der Waals surface area contributed by atoms with Crippen LogP contribution in [0.1, 0.15) is 75.1 Å². The molecule has 77 heavy (non-hydrogen) atoms. The van der Waals surface area contributed by atoms with Crippen LogP contribution in [0, 0.1) is 0 Å². The van der Waals surface area contributed by atoms with Crippen LogP contribution in [-0.4, -0.2) is 147 Å². The second-order valence-electron chi connectivity index (χ2n) is 18.4. The number of carboxylic acids is 1. The normalized spacial score (nSPS) is 20.8. The molecule has 3 heterocycles. The van der Waals surface area contributed by atoms with E-state index in [1.165, 1.54) is 19.4 Å². The van der Waals surface area contributed by atoms with Gasteiger partial charge in [-0.15, -0.1) is 0 Å². The van der Waals surface area contributed by atoms with Crippen LogP contribution in [0.25, 0.3) is 10.9 Å². The second-order valence-corrected chi connectivity index (χ2v) is 18.4. The average molecular weight is 1070 g/mol. The topological polar surface area (TPSA) is 443 Å². The number of hydrogen-bond acceptors (Lipinski definition) is 12. The predicted molar refractivity (Wildman–Crippen MR) is 283 cm³/mol. The van der Waals surface area contributed by atoms with Gasteiger partial charge in [-0.1, -0.05) is 48.5 Å². The molecule has 2 aromatic carbocycles. The molecule has 27 nitrogen and oxygen atoms in total. The van der Waals surface area contributed by atoms with Crippen LogP contribution in [0.15, 0.2) is 83.3 Å². The van der Waals surface area contributed by atoms with Crippen LogP contribution in [0.2, 0.25) is 0 Å². The number of guanidine groups is 2. The number of hydrogen-bond donors (Lipinski definition) is 15. The summed E-state index contributed by atoms with van der Waals surface area (Å²) in [4.78, 5) is 143. The molecule has 27 heteroatoms. The molecule has 1 fully saturated rings. The molecule has 4 aromatic rings. The van der Waals surface area contributed by atoms with Crippen molar-refractivity contribution in [3.63, 3.8) is 0 Å². The molecule has 2 unspecified atom stereocenters. The Morgan fingerprint density at radius 2 is 1.34 bits per heavy atom. The zero-order valence-corrected chi connectivity index (χ0v) is 42.6. The molecule has 1 aliphatic rings. The molecule has 2 aromatic heterocycles. The number of carboxylic acid groups (broad SMARTS) is 1. The molecule has 0 radical (unpaired) electrons. The highest BCUT2D eigenvalue weighted by atomic mass is 16.4. The summed E-state index contributed by atoms with van der Waals surface area (Å²) in [6.45, 7) is 1.29. The fraction of sp³-hybridized carbons (Fsp3) is 0.440. The molecule has 19 N–H and O–H groups in total. The zero-order valence-electron chi connectivity index (χ0n) is 42.6. The number of carbonyl (C=O) groups excluding carboxylic acids is 8. The van der Waals surface area contributed by atoms with Gasteiger partial charge in [-0.05, 0) is 62.1 Å². The van der Waals surface area contributed by atoms with Crippen molar-refractivity contribution in [1.82, 2.24) is 57.5 Å². The van der Waals surface area contributed by atoms with Gasteiger partial charge in [0, 0.05) is 81.2 Å². The highest BCUT2D eigenvalue weighted by molar-refractivity contribution is 5.98. The molecule has 0 saturated carbocycles. The Morgan fingerprint density at radius 3 is 2.00 bits per heavy atom. The van der Waals surface area contributed by atoms with Gasteiger partial charge in [-0.25, -0.2) is 9.78 Å². The maximum atomic E-state index is 14.7. The van der Waals surface area contributed by atoms with Crippen molar-refractivity contribution in [2.45, 2.75) is 120 Å². The Balaban J connectivity index is 1.54. The Labute approximate surface area is 443 Å². The van der Waals surface area contributed by atoms with Gasteiger partial charge < -0.3 is 80.5 Å². The van der Waals surface area contributed by atoms with E-state index in [9.17, 15) is 48.3 Å². The highest BCUT2D eigenvalue weighted by Crippen LogP contribution is 2.20. The Morgan fingerprint density at radius 1 is 0.727 bits per heavy atom. The fourth-order valence-electron chi connectivity index (χ4n) is 8.46. The van der Waals surface area contributed by atoms with Gasteiger partial charge in [0.25, 0.3) is 0 Å². The minimum atomic E-state index is -1.61. The standard InChI is InChI=1S/C50H69N17O10/c1-28(68)61-34(14-8-20-57-49(51)52)42(70)62-35-15-7-19-56-41(69)18-17-37(48(76)77)64-46(74)39(23-30-25-59-33-13-6-5-12-32(30)33)66-43(71)36(16-9-21-58-50(53)54)63-45(73)38(22-29-10-3-2-4-11-29)65-47(75)40(67-44(35)72)24-31-26-55-27-60-31/h2-6,10-13,25-27,34-40,59H,7-9,14-24H2,1H3,(H,55,60)(H,56,69)(H,61,68)(H,62,70)(H,63,73)(H,64,74)(H,65,75)(H,66,71)(H,67,72)(H,76,77)(H4,51,52,57)(H4,53,54,58)/t34-,35-,36-,37?,38?,39-,40-/m0/s1. The number of amides is 8. The van der Waals surface area contributed by atoms with Gasteiger partial charge >= 0.3 is 5.97 Å². The summed E-state index contributed by atoms with van der Waals surface area (Å²) in [5.41, 5.74) is 24.4. The Hall–Kier alpha value is -9.04. The van der Waals surface area contributed by atoms with Gasteiger partial charge in [0.05, 0.1) is 6.33 Å². The SMILES string of the molecule is CC(=O)N[C@@H](CCCN=C(N)N)C(=O)N[C@H]1CCCNC(=O)CCC(C(=O)O)NC(=O)[C@H](Cc2c[nH]c3ccccc23)NC(=O)[C@H](CCCN=C(N)N)NC(=O)C(Cc2ccccc2)NC(=O)[C@H](Cc2cnc[nH]2)NC1=O. The smallest absolute Gasteiger partial charge is 0.326 e. The first-order valence-electron chi connectivity index (χ1n) is 25.1. The number of fused-ring (bicyclic) bond motifs is 1. The van der Waals surface area contributed by atoms with Crippen molar-refractivity contribution in [3.8, 4) is 0 Å². The number of nitrogens with zero attached hydrogens (tertiary/aromatic N) is 3. The first-order valence-corrected chi connectivity index (χ1v) is 25.1. The van der Waals surface area contributed by atoms with Gasteiger partial charge in [-0.3, -0.25) is 48.3 Å². The number of nitrogens with two attached hydrogens (primary N) is 4. The molecule has 0 bridgehead atoms. The number of para-hydroxylation sites is 1. The average Bonchev–Trinajstić information content (AvgIpc) is 4.07. The molecule has 0 spiro atoms. The summed E-state index contributed by atoms with van der Waals surface area (Å²) in [5, 5.41) is 32.3. The van der Waals surface area contributed by atoms with Gasteiger partial charge in [0.15, 0.2) is 11.9 Å². The van der Waals surface area contributed by atoms with Crippen molar-refractivity contribution < 1.29 is 48.3 Å². The number of aliphatic imine (C=N–C) groups is 2. The lowest BCUT2D eigenvalue weighted by Gasteiger charge is -2.28. The lowest BCUT2D eigenvalue weighted by Crippen LogP contribution is -2.60. The molecular weight excluding hydrogens is 999 g/mol. The van der Waals surface area contributed by atoms with Crippen molar-refractivity contribution >= 4 is 76.0 Å². The van der Waals surface area contributed by atoms with E-state index >= 15 is 0 Å². The number of nitrogens with one attached hydrogen (secondary N) is 10. The third kappa shape index (κ3) is 19.6. The number of imidazole rings is 1. The van der Waals surface area contributed by atoms with E-state index < -0.39 is 95.5 Å². The van der Waals surface area contributed by atoms with E-state index in [-0.39, 0.29) is 102 Å². The zero-order chi connectivity index (χ0) is 55.9. The molecule has 1 saturated heterocycles. The molecule has 414 valence electrons. The number of aromatic amines is 2. The third-order valence-electron chi connectivity index (χ3n) is 12.4. The van der Waals surface area contributed by atoms with Crippen LogP contribution in [0.3, 0.4) is 0 Å². The maximum absolute atomic E-state index is 14.7. The lowest BCUT2D eigenvalue weighted by molar-refractivity contribution is -0.142.